The van der Waals surface area contributed by atoms with Gasteiger partial charge in [-0.15, -0.1) is 0 Å². The number of hydrogen-bond donors (Lipinski definition) is 2. The van der Waals surface area contributed by atoms with Crippen molar-refractivity contribution in [2.75, 3.05) is 0 Å². The first-order chi connectivity index (χ1) is 2.64. The summed E-state index contributed by atoms with van der Waals surface area (Å²) in [5.74, 6) is -0.963. The maximum absolute atomic E-state index is 9.57. The molecule has 0 aromatic heterocycles. The Morgan fingerprint density at radius 1 is 1.86 bits per heavy atom. The Bertz CT molecular complexity index is 64.0. The van der Waals surface area contributed by atoms with Gasteiger partial charge in [0.2, 0.25) is 0 Å². The smallest absolute Gasteiger partial charge is 0.320 e. The molecule has 0 bridgehead atoms. The summed E-state index contributed by atoms with van der Waals surface area (Å²) in [5.41, 5.74) is 4.84. The number of nitrogens with two attached hydrogens (primary N) is 1. The SMILES string of the molecule is CC(N)C(=O)O.S. The van der Waals surface area contributed by atoms with Crippen LogP contribution in [0.4, 0.5) is 0 Å². The molecule has 44 valence electrons. The minimum Gasteiger partial charge on any atom is -0.480 e. The standard InChI is InChI=1S/C3H7NO2.H2S/c1-2(4)3(5)6;/h2H,4H2,1H3,(H,5,6);1H2. The van der Waals surface area contributed by atoms with Gasteiger partial charge in [0.25, 0.3) is 0 Å². The summed E-state index contributed by atoms with van der Waals surface area (Å²) in [6, 6.07) is -0.731. The van der Waals surface area contributed by atoms with Gasteiger partial charge in [0, 0.05) is 0 Å². The van der Waals surface area contributed by atoms with Crippen LogP contribution >= 0.6 is 13.5 Å². The fraction of sp³-hybridized carbons (Fsp3) is 0.667. The van der Waals surface area contributed by atoms with Crippen molar-refractivity contribution < 1.29 is 9.90 Å². The summed E-state index contributed by atoms with van der Waals surface area (Å²) < 4.78 is 0. The number of carbonyl (C=O) groups is 1. The summed E-state index contributed by atoms with van der Waals surface area (Å²) >= 11 is 0. The summed E-state index contributed by atoms with van der Waals surface area (Å²) in [5, 5.41) is 7.87. The van der Waals surface area contributed by atoms with Crippen LogP contribution in [0.1, 0.15) is 6.92 Å². The van der Waals surface area contributed by atoms with Gasteiger partial charge in [-0.3, -0.25) is 4.79 Å². The molecule has 1 atom stereocenters. The third kappa shape index (κ3) is 5.78. The van der Waals surface area contributed by atoms with Crippen LogP contribution in [0, 0.1) is 0 Å². The number of aliphatic carboxylic acids is 1. The number of carboxylic acid groups (broad SMARTS) is 1. The molecule has 0 saturated carbocycles. The van der Waals surface area contributed by atoms with Gasteiger partial charge < -0.3 is 10.8 Å². The van der Waals surface area contributed by atoms with Crippen LogP contribution in [0.2, 0.25) is 0 Å². The third-order valence-electron chi connectivity index (χ3n) is 0.390. The lowest BCUT2D eigenvalue weighted by Gasteiger charge is -1.90. The molecule has 0 aliphatic heterocycles. The zero-order chi connectivity index (χ0) is 5.15. The summed E-state index contributed by atoms with van der Waals surface area (Å²) in [6.45, 7) is 1.42. The van der Waals surface area contributed by atoms with E-state index >= 15 is 0 Å². The van der Waals surface area contributed by atoms with Crippen molar-refractivity contribution >= 4 is 19.5 Å². The molecule has 0 spiro atoms. The van der Waals surface area contributed by atoms with Crippen LogP contribution in [0.25, 0.3) is 0 Å². The molecule has 0 aliphatic carbocycles. The van der Waals surface area contributed by atoms with Crippen LogP contribution in [0.5, 0.6) is 0 Å². The molecule has 0 aliphatic rings. The fourth-order valence-corrected chi connectivity index (χ4v) is 0. The highest BCUT2D eigenvalue weighted by molar-refractivity contribution is 7.59. The molecule has 0 fully saturated rings. The van der Waals surface area contributed by atoms with E-state index in [4.69, 9.17) is 10.8 Å². The molecular weight excluding hydrogens is 114 g/mol. The molecule has 1 unspecified atom stereocenters. The third-order valence-corrected chi connectivity index (χ3v) is 0.390. The molecule has 0 rings (SSSR count). The van der Waals surface area contributed by atoms with Crippen molar-refractivity contribution in [3.63, 3.8) is 0 Å². The Balaban J connectivity index is 0. The molecule has 0 heterocycles. The van der Waals surface area contributed by atoms with Gasteiger partial charge in [0.1, 0.15) is 6.04 Å². The monoisotopic (exact) mass is 123 g/mol. The molecule has 0 saturated heterocycles. The van der Waals surface area contributed by atoms with E-state index in [2.05, 4.69) is 0 Å². The van der Waals surface area contributed by atoms with Gasteiger partial charge in [-0.2, -0.15) is 13.5 Å². The van der Waals surface area contributed by atoms with Crippen LogP contribution in [-0.2, 0) is 4.79 Å². The number of carboxylic acids is 1. The highest BCUT2D eigenvalue weighted by Crippen LogP contribution is 1.68. The Morgan fingerprint density at radius 2 is 2.00 bits per heavy atom. The van der Waals surface area contributed by atoms with E-state index in [-0.39, 0.29) is 13.5 Å². The van der Waals surface area contributed by atoms with E-state index in [9.17, 15) is 4.79 Å². The fourth-order valence-electron chi connectivity index (χ4n) is 0. The minimum atomic E-state index is -0.963. The molecule has 4 heteroatoms. The normalized spacial score (nSPS) is 11.7. The second-order valence-electron chi connectivity index (χ2n) is 1.13. The van der Waals surface area contributed by atoms with Crippen LogP contribution in [0.3, 0.4) is 0 Å². The summed E-state index contributed by atoms with van der Waals surface area (Å²) in [6.07, 6.45) is 0. The first-order valence-corrected chi connectivity index (χ1v) is 1.63. The lowest BCUT2D eigenvalue weighted by molar-refractivity contribution is -0.138. The Labute approximate surface area is 49.0 Å². The maximum atomic E-state index is 9.57. The Kier molecular flexibility index (Phi) is 5.60. The van der Waals surface area contributed by atoms with Gasteiger partial charge in [-0.1, -0.05) is 0 Å². The van der Waals surface area contributed by atoms with Gasteiger partial charge in [0.05, 0.1) is 0 Å². The molecule has 3 N–H and O–H groups in total. The Hall–Kier alpha value is -0.220. The molecule has 7 heavy (non-hydrogen) atoms. The maximum Gasteiger partial charge on any atom is 0.320 e. The predicted octanol–water partition coefficient (Wildman–Crippen LogP) is -0.469. The van der Waals surface area contributed by atoms with E-state index in [0.29, 0.717) is 0 Å². The first kappa shape index (κ1) is 9.91. The summed E-state index contributed by atoms with van der Waals surface area (Å²) in [7, 11) is 0. The van der Waals surface area contributed by atoms with Crippen molar-refractivity contribution in [2.24, 2.45) is 5.73 Å². The van der Waals surface area contributed by atoms with Gasteiger partial charge in [-0.05, 0) is 6.92 Å². The highest BCUT2D eigenvalue weighted by Gasteiger charge is 1.99. The average molecular weight is 123 g/mol. The van der Waals surface area contributed by atoms with Gasteiger partial charge in [0.15, 0.2) is 0 Å². The van der Waals surface area contributed by atoms with Crippen LogP contribution in [-0.4, -0.2) is 17.1 Å². The molecule has 0 aromatic carbocycles. The molecular formula is C3H9NO2S. The van der Waals surface area contributed by atoms with E-state index < -0.39 is 12.0 Å². The minimum absolute atomic E-state index is 0. The van der Waals surface area contributed by atoms with Gasteiger partial charge >= 0.3 is 5.97 Å². The van der Waals surface area contributed by atoms with Crippen molar-refractivity contribution in [1.82, 2.24) is 0 Å². The highest BCUT2D eigenvalue weighted by atomic mass is 32.1. The molecule has 3 nitrogen and oxygen atoms in total. The van der Waals surface area contributed by atoms with Crippen molar-refractivity contribution in [3.8, 4) is 0 Å². The largest absolute Gasteiger partial charge is 0.480 e. The zero-order valence-corrected chi connectivity index (χ0v) is 5.01. The predicted molar refractivity (Wildman–Crippen MR) is 31.7 cm³/mol. The lowest BCUT2D eigenvalue weighted by atomic mass is 10.4. The first-order valence-electron chi connectivity index (χ1n) is 1.63. The molecule has 0 amide bonds. The van der Waals surface area contributed by atoms with Crippen molar-refractivity contribution in [3.05, 3.63) is 0 Å². The average Bonchev–Trinajstić information content (AvgIpc) is 1.36. The molecule has 0 aromatic rings. The topological polar surface area (TPSA) is 63.3 Å². The van der Waals surface area contributed by atoms with E-state index in [1.54, 1.807) is 0 Å². The van der Waals surface area contributed by atoms with E-state index in [1.807, 2.05) is 0 Å². The second kappa shape index (κ2) is 3.95. The van der Waals surface area contributed by atoms with Crippen LogP contribution in [0.15, 0.2) is 0 Å². The second-order valence-corrected chi connectivity index (χ2v) is 1.13. The number of hydrogen-bond acceptors (Lipinski definition) is 2. The van der Waals surface area contributed by atoms with E-state index in [1.165, 1.54) is 6.92 Å². The Morgan fingerprint density at radius 3 is 2.00 bits per heavy atom. The van der Waals surface area contributed by atoms with Crippen LogP contribution < -0.4 is 5.73 Å². The van der Waals surface area contributed by atoms with Crippen molar-refractivity contribution in [2.45, 2.75) is 13.0 Å². The quantitative estimate of drug-likeness (QED) is 0.495. The zero-order valence-electron chi connectivity index (χ0n) is 4.01. The molecule has 0 radical (unpaired) electrons. The van der Waals surface area contributed by atoms with Gasteiger partial charge in [-0.25, -0.2) is 0 Å². The number of rotatable bonds is 1. The van der Waals surface area contributed by atoms with E-state index in [0.717, 1.165) is 0 Å². The summed E-state index contributed by atoms with van der Waals surface area (Å²) in [4.78, 5) is 9.57. The lowest BCUT2D eigenvalue weighted by Crippen LogP contribution is -2.25. The van der Waals surface area contributed by atoms with Crippen molar-refractivity contribution in [1.29, 1.82) is 0 Å².